The molecule has 1 unspecified atom stereocenters. The molecule has 0 radical (unpaired) electrons. The van der Waals surface area contributed by atoms with Gasteiger partial charge in [-0.3, -0.25) is 4.79 Å². The Balaban J connectivity index is 0. The number of aliphatic hydroxyl groups is 1. The van der Waals surface area contributed by atoms with E-state index in [1.54, 1.807) is 0 Å². The first kappa shape index (κ1) is 15.6. The van der Waals surface area contributed by atoms with Gasteiger partial charge in [0.2, 0.25) is 5.91 Å². The van der Waals surface area contributed by atoms with Gasteiger partial charge in [0.05, 0.1) is 12.7 Å². The second-order valence-corrected chi connectivity index (χ2v) is 2.30. The summed E-state index contributed by atoms with van der Waals surface area (Å²) < 4.78 is 4.29. The fourth-order valence-electron chi connectivity index (χ4n) is 0.394. The van der Waals surface area contributed by atoms with Crippen molar-refractivity contribution in [3.05, 3.63) is 37.5 Å². The summed E-state index contributed by atoms with van der Waals surface area (Å²) >= 11 is 0. The molecule has 0 saturated heterocycles. The number of nitrogens with two attached hydrogens (primary N) is 1. The average molecular weight is 213 g/mol. The Morgan fingerprint density at radius 1 is 1.47 bits per heavy atom. The minimum Gasteiger partial charge on any atom is -0.466 e. The van der Waals surface area contributed by atoms with Crippen molar-refractivity contribution in [2.24, 2.45) is 5.73 Å². The van der Waals surface area contributed by atoms with Gasteiger partial charge < -0.3 is 15.6 Å². The molecular formula is C10H15NO4. The normalized spacial score (nSPS) is 10.0. The average Bonchev–Trinajstić information content (AvgIpc) is 2.26. The third kappa shape index (κ3) is 8.45. The van der Waals surface area contributed by atoms with Crippen molar-refractivity contribution >= 4 is 11.9 Å². The summed E-state index contributed by atoms with van der Waals surface area (Å²) in [6.07, 6.45) is 1.26. The van der Waals surface area contributed by atoms with Gasteiger partial charge in [-0.25, -0.2) is 4.79 Å². The van der Waals surface area contributed by atoms with Gasteiger partial charge in [-0.05, 0) is 6.08 Å². The predicted octanol–water partition coefficient (Wildman–Crippen LogP) is -0.0798. The van der Waals surface area contributed by atoms with E-state index in [2.05, 4.69) is 30.2 Å². The first-order valence-corrected chi connectivity index (χ1v) is 3.90. The van der Waals surface area contributed by atoms with E-state index in [0.717, 1.165) is 6.08 Å². The zero-order chi connectivity index (χ0) is 12.4. The van der Waals surface area contributed by atoms with Crippen LogP contribution in [0.4, 0.5) is 0 Å². The SMILES string of the molecule is C=CC(N)=O.C=CC(O)C(=C)C(=O)OC. The summed E-state index contributed by atoms with van der Waals surface area (Å²) in [4.78, 5) is 20.1. The second-order valence-electron chi connectivity index (χ2n) is 2.30. The molecule has 0 aliphatic rings. The van der Waals surface area contributed by atoms with Gasteiger partial charge in [-0.15, -0.1) is 6.58 Å². The predicted molar refractivity (Wildman–Crippen MR) is 56.8 cm³/mol. The van der Waals surface area contributed by atoms with Gasteiger partial charge >= 0.3 is 5.97 Å². The lowest BCUT2D eigenvalue weighted by Crippen LogP contribution is -2.15. The van der Waals surface area contributed by atoms with Crippen LogP contribution in [-0.2, 0) is 14.3 Å². The van der Waals surface area contributed by atoms with Gasteiger partial charge in [-0.2, -0.15) is 0 Å². The van der Waals surface area contributed by atoms with Crippen molar-refractivity contribution in [2.75, 3.05) is 7.11 Å². The summed E-state index contributed by atoms with van der Waals surface area (Å²) in [5, 5.41) is 8.91. The first-order valence-electron chi connectivity index (χ1n) is 3.90. The Labute approximate surface area is 88.5 Å². The minimum atomic E-state index is -1.01. The lowest BCUT2D eigenvalue weighted by atomic mass is 10.2. The number of methoxy groups -OCH3 is 1. The smallest absolute Gasteiger partial charge is 0.336 e. The Hall–Kier alpha value is -1.88. The highest BCUT2D eigenvalue weighted by molar-refractivity contribution is 5.89. The number of primary amides is 1. The van der Waals surface area contributed by atoms with Crippen molar-refractivity contribution in [2.45, 2.75) is 6.10 Å². The second kappa shape index (κ2) is 8.71. The van der Waals surface area contributed by atoms with E-state index in [1.807, 2.05) is 0 Å². The van der Waals surface area contributed by atoms with Gasteiger partial charge in [0, 0.05) is 0 Å². The number of hydrogen-bond donors (Lipinski definition) is 2. The summed E-state index contributed by atoms with van der Waals surface area (Å²) in [6.45, 7) is 9.67. The molecule has 15 heavy (non-hydrogen) atoms. The molecule has 0 aromatic rings. The number of carbonyl (C=O) groups is 2. The van der Waals surface area contributed by atoms with Crippen molar-refractivity contribution in [1.29, 1.82) is 0 Å². The highest BCUT2D eigenvalue weighted by Crippen LogP contribution is 2.01. The molecule has 0 aromatic heterocycles. The monoisotopic (exact) mass is 213 g/mol. The Morgan fingerprint density at radius 2 is 1.87 bits per heavy atom. The molecule has 0 rings (SSSR count). The molecule has 0 aliphatic carbocycles. The lowest BCUT2D eigenvalue weighted by molar-refractivity contribution is -0.136. The van der Waals surface area contributed by atoms with Crippen LogP contribution in [0.3, 0.4) is 0 Å². The van der Waals surface area contributed by atoms with Gasteiger partial charge in [0.15, 0.2) is 0 Å². The standard InChI is InChI=1S/C7H10O3.C3H5NO/c1-4-6(8)5(2)7(9)10-3;1-2-3(4)5/h4,6,8H,1-2H2,3H3;2H,1H2,(H2,4,5). The third-order valence-electron chi connectivity index (χ3n) is 1.23. The largest absolute Gasteiger partial charge is 0.466 e. The molecule has 0 heterocycles. The van der Waals surface area contributed by atoms with Crippen LogP contribution in [0, 0.1) is 0 Å². The van der Waals surface area contributed by atoms with Crippen molar-refractivity contribution in [3.63, 3.8) is 0 Å². The summed E-state index contributed by atoms with van der Waals surface area (Å²) in [6, 6.07) is 0. The van der Waals surface area contributed by atoms with Gasteiger partial charge in [-0.1, -0.05) is 19.2 Å². The Kier molecular flexibility index (Phi) is 9.05. The number of amides is 1. The summed E-state index contributed by atoms with van der Waals surface area (Å²) in [7, 11) is 1.23. The van der Waals surface area contributed by atoms with Gasteiger partial charge in [0.25, 0.3) is 0 Å². The number of esters is 1. The molecule has 0 spiro atoms. The highest BCUT2D eigenvalue weighted by atomic mass is 16.5. The van der Waals surface area contributed by atoms with E-state index in [-0.39, 0.29) is 5.57 Å². The fourth-order valence-corrected chi connectivity index (χ4v) is 0.394. The van der Waals surface area contributed by atoms with Crippen LogP contribution in [0.2, 0.25) is 0 Å². The Bertz CT molecular complexity index is 271. The molecule has 1 atom stereocenters. The minimum absolute atomic E-state index is 0.00231. The van der Waals surface area contributed by atoms with Crippen LogP contribution in [0.5, 0.6) is 0 Å². The number of aliphatic hydroxyl groups excluding tert-OH is 1. The summed E-state index contributed by atoms with van der Waals surface area (Å²) in [5.41, 5.74) is 4.53. The van der Waals surface area contributed by atoms with Crippen LogP contribution < -0.4 is 5.73 Å². The van der Waals surface area contributed by atoms with Crippen molar-refractivity contribution in [1.82, 2.24) is 0 Å². The summed E-state index contributed by atoms with van der Waals surface area (Å²) in [5.74, 6) is -1.10. The molecule has 1 amide bonds. The fraction of sp³-hybridized carbons (Fsp3) is 0.200. The van der Waals surface area contributed by atoms with Crippen LogP contribution >= 0.6 is 0 Å². The number of ether oxygens (including phenoxy) is 1. The zero-order valence-electron chi connectivity index (χ0n) is 8.60. The molecule has 0 bridgehead atoms. The molecule has 0 aliphatic heterocycles. The zero-order valence-corrected chi connectivity index (χ0v) is 8.60. The van der Waals surface area contributed by atoms with E-state index in [9.17, 15) is 9.59 Å². The van der Waals surface area contributed by atoms with Crippen LogP contribution in [0.15, 0.2) is 37.5 Å². The maximum Gasteiger partial charge on any atom is 0.336 e. The number of rotatable bonds is 4. The van der Waals surface area contributed by atoms with Crippen molar-refractivity contribution in [3.8, 4) is 0 Å². The molecule has 3 N–H and O–H groups in total. The third-order valence-corrected chi connectivity index (χ3v) is 1.23. The molecule has 0 saturated carbocycles. The van der Waals surface area contributed by atoms with Crippen molar-refractivity contribution < 1.29 is 19.4 Å². The molecule has 5 nitrogen and oxygen atoms in total. The van der Waals surface area contributed by atoms with Crippen LogP contribution in [0.1, 0.15) is 0 Å². The number of carbonyl (C=O) groups excluding carboxylic acids is 2. The quantitative estimate of drug-likeness (QED) is 0.388. The topological polar surface area (TPSA) is 89.6 Å². The van der Waals surface area contributed by atoms with Crippen LogP contribution in [-0.4, -0.2) is 30.2 Å². The first-order chi connectivity index (χ1) is 6.90. The lowest BCUT2D eigenvalue weighted by Gasteiger charge is -2.05. The van der Waals surface area contributed by atoms with E-state index in [1.165, 1.54) is 13.2 Å². The molecule has 0 aromatic carbocycles. The van der Waals surface area contributed by atoms with Crippen LogP contribution in [0.25, 0.3) is 0 Å². The molecular weight excluding hydrogens is 198 g/mol. The highest BCUT2D eigenvalue weighted by Gasteiger charge is 2.12. The van der Waals surface area contributed by atoms with E-state index < -0.39 is 18.0 Å². The maximum atomic E-state index is 10.6. The van der Waals surface area contributed by atoms with E-state index >= 15 is 0 Å². The van der Waals surface area contributed by atoms with E-state index in [4.69, 9.17) is 5.11 Å². The molecule has 5 heteroatoms. The molecule has 0 fully saturated rings. The van der Waals surface area contributed by atoms with E-state index in [0.29, 0.717) is 0 Å². The van der Waals surface area contributed by atoms with Gasteiger partial charge in [0.1, 0.15) is 6.10 Å². The molecule has 84 valence electrons. The Morgan fingerprint density at radius 3 is 2.07 bits per heavy atom. The maximum absolute atomic E-state index is 10.6. The number of hydrogen-bond acceptors (Lipinski definition) is 4.